The number of carbonyl (C=O) groups is 1. The molecule has 25 heavy (non-hydrogen) atoms. The number of nitrogens with zero attached hydrogens (tertiary/aromatic N) is 1. The Balaban J connectivity index is 1.82. The summed E-state index contributed by atoms with van der Waals surface area (Å²) in [6, 6.07) is 10.1. The highest BCUT2D eigenvalue weighted by Crippen LogP contribution is 2.31. The van der Waals surface area contributed by atoms with Crippen LogP contribution in [0.1, 0.15) is 37.3 Å². The maximum Gasteiger partial charge on any atom is 0.322 e. The average Bonchev–Trinajstić information content (AvgIpc) is 2.84. The van der Waals surface area contributed by atoms with Gasteiger partial charge in [-0.05, 0) is 42.7 Å². The van der Waals surface area contributed by atoms with E-state index in [0.717, 1.165) is 43.4 Å². The van der Waals surface area contributed by atoms with E-state index >= 15 is 0 Å². The van der Waals surface area contributed by atoms with Crippen molar-refractivity contribution in [1.29, 1.82) is 0 Å². The highest BCUT2D eigenvalue weighted by molar-refractivity contribution is 6.30. The third-order valence-electron chi connectivity index (χ3n) is 4.44. The Hall–Kier alpha value is -2.14. The highest BCUT2D eigenvalue weighted by atomic mass is 35.5. The van der Waals surface area contributed by atoms with Gasteiger partial charge in [0.05, 0.1) is 11.7 Å². The lowest BCUT2D eigenvalue weighted by Gasteiger charge is -2.30. The fourth-order valence-electron chi connectivity index (χ4n) is 3.16. The van der Waals surface area contributed by atoms with Crippen LogP contribution in [-0.4, -0.2) is 17.5 Å². The standard InChI is InChI=1S/C19H19ClF2N2O/c20-14-7-5-13(6-8-14)18-4-2-1-3-11-24(18)19(25)23-17-10-9-15(21)12-16(17)22/h5-10,12,18H,1-4,11H2,(H,23,25)/t18-/m1/s1. The van der Waals surface area contributed by atoms with Crippen molar-refractivity contribution in [3.63, 3.8) is 0 Å². The Labute approximate surface area is 150 Å². The molecule has 0 saturated carbocycles. The Bertz CT molecular complexity index is 752. The molecule has 0 unspecified atom stereocenters. The van der Waals surface area contributed by atoms with Crippen LogP contribution in [0.15, 0.2) is 42.5 Å². The molecular formula is C19H19ClF2N2O. The van der Waals surface area contributed by atoms with Crippen molar-refractivity contribution in [2.75, 3.05) is 11.9 Å². The van der Waals surface area contributed by atoms with E-state index < -0.39 is 11.6 Å². The summed E-state index contributed by atoms with van der Waals surface area (Å²) in [6.07, 6.45) is 3.78. The molecule has 2 amide bonds. The first kappa shape index (κ1) is 17.7. The second-order valence-electron chi connectivity index (χ2n) is 6.16. The molecule has 1 fully saturated rings. The van der Waals surface area contributed by atoms with Gasteiger partial charge in [-0.2, -0.15) is 0 Å². The van der Waals surface area contributed by atoms with Gasteiger partial charge in [0.15, 0.2) is 0 Å². The summed E-state index contributed by atoms with van der Waals surface area (Å²) >= 11 is 5.95. The Morgan fingerprint density at radius 2 is 1.84 bits per heavy atom. The van der Waals surface area contributed by atoms with E-state index in [9.17, 15) is 13.6 Å². The molecule has 0 spiro atoms. The minimum Gasteiger partial charge on any atom is -0.317 e. The monoisotopic (exact) mass is 364 g/mol. The maximum atomic E-state index is 13.8. The molecule has 1 aliphatic rings. The lowest BCUT2D eigenvalue weighted by Crippen LogP contribution is -2.38. The molecule has 1 heterocycles. The third kappa shape index (κ3) is 4.28. The molecule has 0 radical (unpaired) electrons. The minimum atomic E-state index is -0.786. The normalized spacial score (nSPS) is 17.9. The number of urea groups is 1. The van der Waals surface area contributed by atoms with E-state index in [-0.39, 0.29) is 17.8 Å². The fraction of sp³-hybridized carbons (Fsp3) is 0.316. The molecule has 0 aromatic heterocycles. The van der Waals surface area contributed by atoms with Gasteiger partial charge in [0.2, 0.25) is 0 Å². The largest absolute Gasteiger partial charge is 0.322 e. The summed E-state index contributed by atoms with van der Waals surface area (Å²) < 4.78 is 26.9. The van der Waals surface area contributed by atoms with Gasteiger partial charge >= 0.3 is 6.03 Å². The predicted molar refractivity (Wildman–Crippen MR) is 94.7 cm³/mol. The Morgan fingerprint density at radius 3 is 2.56 bits per heavy atom. The molecule has 2 aromatic rings. The molecule has 3 nitrogen and oxygen atoms in total. The topological polar surface area (TPSA) is 32.3 Å². The average molecular weight is 365 g/mol. The fourth-order valence-corrected chi connectivity index (χ4v) is 3.29. The molecule has 0 aliphatic carbocycles. The predicted octanol–water partition coefficient (Wildman–Crippen LogP) is 5.77. The van der Waals surface area contributed by atoms with Gasteiger partial charge in [-0.1, -0.05) is 36.6 Å². The number of halogens is 3. The first-order valence-electron chi connectivity index (χ1n) is 8.33. The quantitative estimate of drug-likeness (QED) is 0.721. The van der Waals surface area contributed by atoms with Crippen molar-refractivity contribution < 1.29 is 13.6 Å². The van der Waals surface area contributed by atoms with Gasteiger partial charge in [0.1, 0.15) is 11.6 Å². The number of likely N-dealkylation sites (tertiary alicyclic amines) is 1. The molecular weight excluding hydrogens is 346 g/mol. The summed E-state index contributed by atoms with van der Waals surface area (Å²) in [4.78, 5) is 14.5. The van der Waals surface area contributed by atoms with Crippen LogP contribution in [0.25, 0.3) is 0 Å². The zero-order chi connectivity index (χ0) is 17.8. The van der Waals surface area contributed by atoms with Gasteiger partial charge in [0, 0.05) is 17.6 Å². The van der Waals surface area contributed by atoms with E-state index in [4.69, 9.17) is 11.6 Å². The van der Waals surface area contributed by atoms with Gasteiger partial charge in [-0.15, -0.1) is 0 Å². The number of amides is 2. The number of benzene rings is 2. The summed E-state index contributed by atoms with van der Waals surface area (Å²) in [5.74, 6) is -1.46. The number of hydrogen-bond acceptors (Lipinski definition) is 1. The van der Waals surface area contributed by atoms with Crippen molar-refractivity contribution in [3.05, 3.63) is 64.7 Å². The number of hydrogen-bond donors (Lipinski definition) is 1. The van der Waals surface area contributed by atoms with E-state index in [1.807, 2.05) is 12.1 Å². The second-order valence-corrected chi connectivity index (χ2v) is 6.60. The molecule has 1 saturated heterocycles. The minimum absolute atomic E-state index is 0.0227. The molecule has 0 bridgehead atoms. The van der Waals surface area contributed by atoms with Crippen LogP contribution in [0.5, 0.6) is 0 Å². The van der Waals surface area contributed by atoms with E-state index in [1.165, 1.54) is 6.07 Å². The molecule has 1 atom stereocenters. The first-order chi connectivity index (χ1) is 12.0. The second kappa shape index (κ2) is 7.83. The zero-order valence-corrected chi connectivity index (χ0v) is 14.4. The molecule has 1 aliphatic heterocycles. The smallest absolute Gasteiger partial charge is 0.317 e. The number of rotatable bonds is 2. The Kier molecular flexibility index (Phi) is 5.53. The third-order valence-corrected chi connectivity index (χ3v) is 4.69. The molecule has 2 aromatic carbocycles. The van der Waals surface area contributed by atoms with E-state index in [0.29, 0.717) is 11.6 Å². The van der Waals surface area contributed by atoms with Crippen molar-refractivity contribution in [1.82, 2.24) is 4.90 Å². The van der Waals surface area contributed by atoms with Crippen molar-refractivity contribution in [2.45, 2.75) is 31.7 Å². The molecule has 3 rings (SSSR count). The van der Waals surface area contributed by atoms with E-state index in [1.54, 1.807) is 17.0 Å². The maximum absolute atomic E-state index is 13.8. The van der Waals surface area contributed by atoms with Crippen LogP contribution in [0.4, 0.5) is 19.3 Å². The number of nitrogens with one attached hydrogen (secondary N) is 1. The van der Waals surface area contributed by atoms with Crippen molar-refractivity contribution >= 4 is 23.3 Å². The van der Waals surface area contributed by atoms with Crippen LogP contribution in [0.2, 0.25) is 5.02 Å². The first-order valence-corrected chi connectivity index (χ1v) is 8.70. The van der Waals surface area contributed by atoms with Crippen LogP contribution >= 0.6 is 11.6 Å². The van der Waals surface area contributed by atoms with Crippen LogP contribution < -0.4 is 5.32 Å². The number of anilines is 1. The lowest BCUT2D eigenvalue weighted by molar-refractivity contribution is 0.189. The van der Waals surface area contributed by atoms with Crippen molar-refractivity contribution in [2.24, 2.45) is 0 Å². The van der Waals surface area contributed by atoms with Gasteiger partial charge in [-0.3, -0.25) is 0 Å². The summed E-state index contributed by atoms with van der Waals surface area (Å²) in [5.41, 5.74) is 0.978. The SMILES string of the molecule is O=C(Nc1ccc(F)cc1F)N1CCCCC[C@@H]1c1ccc(Cl)cc1. The van der Waals surface area contributed by atoms with Gasteiger partial charge < -0.3 is 10.2 Å². The van der Waals surface area contributed by atoms with Gasteiger partial charge in [-0.25, -0.2) is 13.6 Å². The van der Waals surface area contributed by atoms with Crippen molar-refractivity contribution in [3.8, 4) is 0 Å². The summed E-state index contributed by atoms with van der Waals surface area (Å²) in [7, 11) is 0. The van der Waals surface area contributed by atoms with Gasteiger partial charge in [0.25, 0.3) is 0 Å². The van der Waals surface area contributed by atoms with Crippen LogP contribution in [0.3, 0.4) is 0 Å². The van der Waals surface area contributed by atoms with Crippen LogP contribution in [0, 0.1) is 11.6 Å². The highest BCUT2D eigenvalue weighted by Gasteiger charge is 2.27. The molecule has 132 valence electrons. The zero-order valence-electron chi connectivity index (χ0n) is 13.6. The summed E-state index contributed by atoms with van der Waals surface area (Å²) in [6.45, 7) is 0.585. The van der Waals surface area contributed by atoms with Crippen LogP contribution in [-0.2, 0) is 0 Å². The summed E-state index contributed by atoms with van der Waals surface area (Å²) in [5, 5.41) is 3.21. The lowest BCUT2D eigenvalue weighted by atomic mass is 10.0. The number of carbonyl (C=O) groups excluding carboxylic acids is 1. The molecule has 6 heteroatoms. The Morgan fingerprint density at radius 1 is 1.08 bits per heavy atom. The molecule has 1 N–H and O–H groups in total. The van der Waals surface area contributed by atoms with E-state index in [2.05, 4.69) is 5.32 Å².